The van der Waals surface area contributed by atoms with Crippen LogP contribution in [0, 0.1) is 10.1 Å². The summed E-state index contributed by atoms with van der Waals surface area (Å²) in [6.07, 6.45) is 0. The Hall–Kier alpha value is -2.15. The van der Waals surface area contributed by atoms with Gasteiger partial charge in [-0.2, -0.15) is 0 Å². The van der Waals surface area contributed by atoms with E-state index in [1.165, 1.54) is 12.1 Å². The molecule has 0 heterocycles. The number of anilines is 1. The van der Waals surface area contributed by atoms with Gasteiger partial charge in [-0.3, -0.25) is 14.9 Å². The summed E-state index contributed by atoms with van der Waals surface area (Å²) in [5.41, 5.74) is 6.53. The summed E-state index contributed by atoms with van der Waals surface area (Å²) >= 11 is 11.6. The van der Waals surface area contributed by atoms with Crippen molar-refractivity contribution in [3.05, 3.63) is 67.7 Å². The Bertz CT molecular complexity index is 750. The molecule has 0 unspecified atom stereocenters. The SMILES string of the molecule is NCc1ccc(Cl)cc1NC(=O)c1ccc(Cl)c([N+](=O)[O-])c1. The van der Waals surface area contributed by atoms with E-state index in [0.29, 0.717) is 16.3 Å². The summed E-state index contributed by atoms with van der Waals surface area (Å²) in [6.45, 7) is 0.216. The van der Waals surface area contributed by atoms with Crippen molar-refractivity contribution >= 4 is 40.5 Å². The van der Waals surface area contributed by atoms with Gasteiger partial charge >= 0.3 is 0 Å². The number of benzene rings is 2. The van der Waals surface area contributed by atoms with Crippen LogP contribution in [0.25, 0.3) is 0 Å². The number of halogens is 2. The average molecular weight is 340 g/mol. The number of carbonyl (C=O) groups excluding carboxylic acids is 1. The van der Waals surface area contributed by atoms with Crippen molar-refractivity contribution in [2.24, 2.45) is 5.73 Å². The third kappa shape index (κ3) is 3.54. The Morgan fingerprint density at radius 1 is 1.23 bits per heavy atom. The van der Waals surface area contributed by atoms with Gasteiger partial charge in [0.2, 0.25) is 0 Å². The maximum absolute atomic E-state index is 12.2. The molecule has 2 rings (SSSR count). The molecule has 22 heavy (non-hydrogen) atoms. The number of rotatable bonds is 4. The number of nitro groups is 1. The molecule has 0 aliphatic heterocycles. The van der Waals surface area contributed by atoms with Gasteiger partial charge in [-0.15, -0.1) is 0 Å². The van der Waals surface area contributed by atoms with E-state index in [9.17, 15) is 14.9 Å². The number of nitrogens with one attached hydrogen (secondary N) is 1. The Morgan fingerprint density at radius 3 is 2.59 bits per heavy atom. The van der Waals surface area contributed by atoms with Gasteiger partial charge in [0.15, 0.2) is 0 Å². The minimum absolute atomic E-state index is 0.0352. The van der Waals surface area contributed by atoms with Crippen LogP contribution in [0.15, 0.2) is 36.4 Å². The number of hydrogen-bond donors (Lipinski definition) is 2. The summed E-state index contributed by atoms with van der Waals surface area (Å²) in [4.78, 5) is 22.4. The molecule has 2 aromatic rings. The quantitative estimate of drug-likeness (QED) is 0.656. The van der Waals surface area contributed by atoms with Crippen molar-refractivity contribution in [1.29, 1.82) is 0 Å². The van der Waals surface area contributed by atoms with E-state index < -0.39 is 10.8 Å². The van der Waals surface area contributed by atoms with Gasteiger partial charge < -0.3 is 11.1 Å². The lowest BCUT2D eigenvalue weighted by molar-refractivity contribution is -0.384. The van der Waals surface area contributed by atoms with Crippen LogP contribution in [-0.2, 0) is 6.54 Å². The molecule has 114 valence electrons. The second-order valence-corrected chi connectivity index (χ2v) is 5.23. The first kappa shape index (κ1) is 16.2. The van der Waals surface area contributed by atoms with Gasteiger partial charge in [0, 0.05) is 28.9 Å². The van der Waals surface area contributed by atoms with Crippen LogP contribution >= 0.6 is 23.2 Å². The second-order valence-electron chi connectivity index (χ2n) is 4.38. The number of nitro benzene ring substituents is 1. The maximum atomic E-state index is 12.2. The van der Waals surface area contributed by atoms with Gasteiger partial charge in [-0.25, -0.2) is 0 Å². The van der Waals surface area contributed by atoms with Gasteiger partial charge in [0.05, 0.1) is 4.92 Å². The molecular weight excluding hydrogens is 329 g/mol. The number of amides is 1. The molecule has 0 radical (unpaired) electrons. The zero-order valence-electron chi connectivity index (χ0n) is 11.2. The molecule has 0 saturated heterocycles. The van der Waals surface area contributed by atoms with Crippen molar-refractivity contribution in [2.45, 2.75) is 6.54 Å². The molecule has 0 atom stereocenters. The average Bonchev–Trinajstić information content (AvgIpc) is 2.47. The standard InChI is InChI=1S/C14H11Cl2N3O3/c15-10-3-1-9(7-17)12(6-10)18-14(20)8-2-4-11(16)13(5-8)19(21)22/h1-6H,7,17H2,(H,18,20). The summed E-state index contributed by atoms with van der Waals surface area (Å²) in [5.74, 6) is -0.517. The van der Waals surface area contributed by atoms with Crippen LogP contribution in [0.1, 0.15) is 15.9 Å². The minimum atomic E-state index is -0.649. The van der Waals surface area contributed by atoms with Crippen molar-refractivity contribution in [2.75, 3.05) is 5.32 Å². The van der Waals surface area contributed by atoms with Crippen LogP contribution < -0.4 is 11.1 Å². The molecule has 0 spiro atoms. The Morgan fingerprint density at radius 2 is 1.95 bits per heavy atom. The van der Waals surface area contributed by atoms with E-state index in [1.54, 1.807) is 18.2 Å². The van der Waals surface area contributed by atoms with Gasteiger partial charge in [-0.05, 0) is 29.8 Å². The van der Waals surface area contributed by atoms with Gasteiger partial charge in [-0.1, -0.05) is 29.3 Å². The minimum Gasteiger partial charge on any atom is -0.326 e. The largest absolute Gasteiger partial charge is 0.326 e. The van der Waals surface area contributed by atoms with Crippen molar-refractivity contribution in [1.82, 2.24) is 0 Å². The van der Waals surface area contributed by atoms with E-state index in [2.05, 4.69) is 5.32 Å². The first-order valence-electron chi connectivity index (χ1n) is 6.16. The number of nitrogens with two attached hydrogens (primary N) is 1. The lowest BCUT2D eigenvalue weighted by Gasteiger charge is -2.10. The van der Waals surface area contributed by atoms with Crippen LogP contribution in [0.4, 0.5) is 11.4 Å². The molecule has 0 fully saturated rings. The van der Waals surface area contributed by atoms with E-state index in [0.717, 1.165) is 6.07 Å². The highest BCUT2D eigenvalue weighted by atomic mass is 35.5. The highest BCUT2D eigenvalue weighted by molar-refractivity contribution is 6.33. The fraction of sp³-hybridized carbons (Fsp3) is 0.0714. The topological polar surface area (TPSA) is 98.3 Å². The van der Waals surface area contributed by atoms with E-state index >= 15 is 0 Å². The summed E-state index contributed by atoms with van der Waals surface area (Å²) < 4.78 is 0. The molecule has 6 nitrogen and oxygen atoms in total. The normalized spacial score (nSPS) is 10.3. The number of nitrogens with zero attached hydrogens (tertiary/aromatic N) is 1. The smallest absolute Gasteiger partial charge is 0.288 e. The second kappa shape index (κ2) is 6.74. The van der Waals surface area contributed by atoms with Crippen molar-refractivity contribution < 1.29 is 9.72 Å². The monoisotopic (exact) mass is 339 g/mol. The van der Waals surface area contributed by atoms with Crippen LogP contribution in [0.3, 0.4) is 0 Å². The lowest BCUT2D eigenvalue weighted by Crippen LogP contribution is -2.14. The summed E-state index contributed by atoms with van der Waals surface area (Å²) in [5, 5.41) is 13.9. The van der Waals surface area contributed by atoms with Gasteiger partial charge in [0.25, 0.3) is 11.6 Å². The summed E-state index contributed by atoms with van der Waals surface area (Å²) in [7, 11) is 0. The Kier molecular flexibility index (Phi) is 4.97. The van der Waals surface area contributed by atoms with Crippen LogP contribution in [0.2, 0.25) is 10.0 Å². The predicted octanol–water partition coefficient (Wildman–Crippen LogP) is 3.61. The van der Waals surface area contributed by atoms with Crippen LogP contribution in [-0.4, -0.2) is 10.8 Å². The molecule has 8 heteroatoms. The third-order valence-electron chi connectivity index (χ3n) is 2.95. The third-order valence-corrected chi connectivity index (χ3v) is 3.50. The molecule has 0 aliphatic rings. The zero-order valence-corrected chi connectivity index (χ0v) is 12.7. The Labute approximate surface area is 136 Å². The molecule has 0 saturated carbocycles. The van der Waals surface area contributed by atoms with Gasteiger partial charge in [0.1, 0.15) is 5.02 Å². The number of carbonyl (C=O) groups is 1. The van der Waals surface area contributed by atoms with E-state index in [-0.39, 0.29) is 22.8 Å². The fourth-order valence-electron chi connectivity index (χ4n) is 1.83. The molecule has 0 aliphatic carbocycles. The highest BCUT2D eigenvalue weighted by Crippen LogP contribution is 2.26. The first-order chi connectivity index (χ1) is 10.4. The first-order valence-corrected chi connectivity index (χ1v) is 6.91. The van der Waals surface area contributed by atoms with Crippen molar-refractivity contribution in [3.63, 3.8) is 0 Å². The van der Waals surface area contributed by atoms with E-state index in [4.69, 9.17) is 28.9 Å². The molecule has 0 aromatic heterocycles. The van der Waals surface area contributed by atoms with E-state index in [1.807, 2.05) is 0 Å². The lowest BCUT2D eigenvalue weighted by atomic mass is 10.1. The molecule has 1 amide bonds. The maximum Gasteiger partial charge on any atom is 0.288 e. The number of hydrogen-bond acceptors (Lipinski definition) is 4. The summed E-state index contributed by atoms with van der Waals surface area (Å²) in [6, 6.07) is 8.73. The van der Waals surface area contributed by atoms with Crippen LogP contribution in [0.5, 0.6) is 0 Å². The molecule has 0 bridgehead atoms. The molecule has 2 aromatic carbocycles. The Balaban J connectivity index is 2.32. The molecular formula is C14H11Cl2N3O3. The molecule has 3 N–H and O–H groups in total. The van der Waals surface area contributed by atoms with Crippen molar-refractivity contribution in [3.8, 4) is 0 Å². The zero-order chi connectivity index (χ0) is 16.3. The predicted molar refractivity (Wildman–Crippen MR) is 85.4 cm³/mol. The highest BCUT2D eigenvalue weighted by Gasteiger charge is 2.17. The fourth-order valence-corrected chi connectivity index (χ4v) is 2.19.